The van der Waals surface area contributed by atoms with Gasteiger partial charge in [0.2, 0.25) is 0 Å². The normalized spacial score (nSPS) is 30.6. The van der Waals surface area contributed by atoms with Gasteiger partial charge < -0.3 is 24.3 Å². The molecule has 0 radical (unpaired) electrons. The minimum Gasteiger partial charge on any atom is -0.445 e. The first-order valence-electron chi connectivity index (χ1n) is 8.08. The van der Waals surface area contributed by atoms with Crippen molar-refractivity contribution in [3.8, 4) is 0 Å². The van der Waals surface area contributed by atoms with Crippen LogP contribution in [-0.2, 0) is 25.6 Å². The summed E-state index contributed by atoms with van der Waals surface area (Å²) in [6.07, 6.45) is 0.719. The van der Waals surface area contributed by atoms with Crippen LogP contribution in [0.1, 0.15) is 25.8 Å². The molecule has 1 amide bonds. The quantitative estimate of drug-likeness (QED) is 0.839. The van der Waals surface area contributed by atoms with Gasteiger partial charge in [0, 0.05) is 0 Å². The molecule has 6 nitrogen and oxygen atoms in total. The van der Waals surface area contributed by atoms with Gasteiger partial charge in [-0.05, 0) is 25.8 Å². The first kappa shape index (κ1) is 17.0. The number of carbonyl (C=O) groups is 1. The molecule has 0 bridgehead atoms. The van der Waals surface area contributed by atoms with Gasteiger partial charge in [-0.15, -0.1) is 6.58 Å². The van der Waals surface area contributed by atoms with Crippen molar-refractivity contribution >= 4 is 6.09 Å². The largest absolute Gasteiger partial charge is 0.445 e. The van der Waals surface area contributed by atoms with Crippen LogP contribution in [0.25, 0.3) is 0 Å². The van der Waals surface area contributed by atoms with Gasteiger partial charge in [-0.3, -0.25) is 0 Å². The molecule has 3 rings (SSSR count). The second kappa shape index (κ2) is 6.93. The van der Waals surface area contributed by atoms with E-state index in [9.17, 15) is 4.79 Å². The maximum Gasteiger partial charge on any atom is 0.407 e. The minimum absolute atomic E-state index is 0.212. The Hall–Kier alpha value is -1.89. The van der Waals surface area contributed by atoms with E-state index in [0.717, 1.165) is 5.56 Å². The van der Waals surface area contributed by atoms with E-state index in [1.807, 2.05) is 44.2 Å². The molecular weight excluding hydrogens is 310 g/mol. The fraction of sp³-hybridized carbons (Fsp3) is 0.500. The lowest BCUT2D eigenvalue weighted by Gasteiger charge is -2.25. The second-order valence-electron chi connectivity index (χ2n) is 6.40. The van der Waals surface area contributed by atoms with Crippen molar-refractivity contribution < 1.29 is 23.7 Å². The molecule has 0 saturated carbocycles. The standard InChI is InChI=1S/C18H23NO5/c1-4-8-13-14(15-16(22-13)24-18(2,3)23-15)19-17(20)21-11-12-9-6-5-7-10-12/h4-7,9-10,13-16H,1,8,11H2,2-3H3,(H,19,20)/t13-,14-,15-,16-/m1/s1. The molecule has 2 aliphatic rings. The molecule has 0 aromatic heterocycles. The molecule has 24 heavy (non-hydrogen) atoms. The first-order chi connectivity index (χ1) is 11.5. The molecule has 1 N–H and O–H groups in total. The van der Waals surface area contributed by atoms with Gasteiger partial charge in [-0.25, -0.2) is 4.79 Å². The number of fused-ring (bicyclic) bond motifs is 1. The van der Waals surface area contributed by atoms with Crippen molar-refractivity contribution in [2.45, 2.75) is 57.2 Å². The van der Waals surface area contributed by atoms with E-state index >= 15 is 0 Å². The minimum atomic E-state index is -0.734. The zero-order valence-electron chi connectivity index (χ0n) is 13.9. The lowest BCUT2D eigenvalue weighted by Crippen LogP contribution is -2.48. The van der Waals surface area contributed by atoms with Crippen molar-refractivity contribution in [3.05, 3.63) is 48.6 Å². The smallest absolute Gasteiger partial charge is 0.407 e. The summed E-state index contributed by atoms with van der Waals surface area (Å²) in [4.78, 5) is 12.2. The Morgan fingerprint density at radius 3 is 2.79 bits per heavy atom. The van der Waals surface area contributed by atoms with Crippen molar-refractivity contribution in [1.29, 1.82) is 0 Å². The molecule has 130 valence electrons. The highest BCUT2D eigenvalue weighted by atomic mass is 16.8. The Kier molecular flexibility index (Phi) is 4.89. The van der Waals surface area contributed by atoms with Gasteiger partial charge in [0.1, 0.15) is 12.7 Å². The zero-order chi connectivity index (χ0) is 17.2. The number of amides is 1. The Bertz CT molecular complexity index is 588. The van der Waals surface area contributed by atoms with Gasteiger partial charge >= 0.3 is 6.09 Å². The molecule has 1 aromatic rings. The Labute approximate surface area is 141 Å². The SMILES string of the molecule is C=CC[C@H]1O[C@@H]2OC(C)(C)O[C@@H]2[C@@H]1NC(=O)OCc1ccccc1. The second-order valence-corrected chi connectivity index (χ2v) is 6.40. The highest BCUT2D eigenvalue weighted by molar-refractivity contribution is 5.68. The average Bonchev–Trinajstić information content (AvgIpc) is 3.00. The maximum atomic E-state index is 12.2. The molecule has 0 unspecified atom stereocenters. The van der Waals surface area contributed by atoms with Gasteiger partial charge in [-0.2, -0.15) is 0 Å². The van der Waals surface area contributed by atoms with Crippen LogP contribution in [0, 0.1) is 0 Å². The number of nitrogens with one attached hydrogen (secondary N) is 1. The summed E-state index contributed by atoms with van der Waals surface area (Å²) >= 11 is 0. The first-order valence-corrected chi connectivity index (χ1v) is 8.08. The van der Waals surface area contributed by atoms with Crippen LogP contribution in [-0.4, -0.2) is 36.4 Å². The fourth-order valence-corrected chi connectivity index (χ4v) is 3.02. The zero-order valence-corrected chi connectivity index (χ0v) is 13.9. The van der Waals surface area contributed by atoms with Crippen LogP contribution < -0.4 is 5.32 Å². The summed E-state index contributed by atoms with van der Waals surface area (Å²) in [5.74, 6) is -0.734. The summed E-state index contributed by atoms with van der Waals surface area (Å²) < 4.78 is 22.7. The topological polar surface area (TPSA) is 66.0 Å². The molecule has 2 heterocycles. The van der Waals surface area contributed by atoms with Crippen LogP contribution in [0.5, 0.6) is 0 Å². The third-order valence-electron chi connectivity index (χ3n) is 4.05. The van der Waals surface area contributed by atoms with Gasteiger partial charge in [0.15, 0.2) is 12.1 Å². The summed E-state index contributed by atoms with van der Waals surface area (Å²) in [6.45, 7) is 7.59. The number of rotatable bonds is 5. The Morgan fingerprint density at radius 1 is 1.33 bits per heavy atom. The molecule has 2 saturated heterocycles. The summed E-state index contributed by atoms with van der Waals surface area (Å²) in [5.41, 5.74) is 0.928. The van der Waals surface area contributed by atoms with Crippen molar-refractivity contribution in [3.63, 3.8) is 0 Å². The van der Waals surface area contributed by atoms with Gasteiger partial charge in [0.25, 0.3) is 0 Å². The van der Waals surface area contributed by atoms with E-state index < -0.39 is 18.2 Å². The number of hydrogen-bond donors (Lipinski definition) is 1. The van der Waals surface area contributed by atoms with Crippen LogP contribution in [0.3, 0.4) is 0 Å². The molecule has 2 fully saturated rings. The van der Waals surface area contributed by atoms with Crippen molar-refractivity contribution in [1.82, 2.24) is 5.32 Å². The number of ether oxygens (including phenoxy) is 4. The molecule has 2 aliphatic heterocycles. The third kappa shape index (κ3) is 3.77. The number of benzene rings is 1. The van der Waals surface area contributed by atoms with E-state index in [1.54, 1.807) is 6.08 Å². The number of carbonyl (C=O) groups excluding carboxylic acids is 1. The van der Waals surface area contributed by atoms with Crippen LogP contribution in [0.2, 0.25) is 0 Å². The molecule has 4 atom stereocenters. The summed E-state index contributed by atoms with van der Waals surface area (Å²) in [6, 6.07) is 9.17. The van der Waals surface area contributed by atoms with Crippen LogP contribution in [0.15, 0.2) is 43.0 Å². The Morgan fingerprint density at radius 2 is 2.08 bits per heavy atom. The Balaban J connectivity index is 1.60. The predicted molar refractivity (Wildman–Crippen MR) is 87.1 cm³/mol. The van der Waals surface area contributed by atoms with E-state index in [1.165, 1.54) is 0 Å². The average molecular weight is 333 g/mol. The van der Waals surface area contributed by atoms with Crippen LogP contribution >= 0.6 is 0 Å². The number of hydrogen-bond acceptors (Lipinski definition) is 5. The summed E-state index contributed by atoms with van der Waals surface area (Å²) in [7, 11) is 0. The lowest BCUT2D eigenvalue weighted by molar-refractivity contribution is -0.206. The van der Waals surface area contributed by atoms with Crippen molar-refractivity contribution in [2.24, 2.45) is 0 Å². The molecule has 0 spiro atoms. The van der Waals surface area contributed by atoms with Gasteiger partial charge in [0.05, 0.1) is 12.1 Å². The molecular formula is C18H23NO5. The molecule has 1 aromatic carbocycles. The number of alkyl carbamates (subject to hydrolysis) is 1. The van der Waals surface area contributed by atoms with E-state index in [2.05, 4.69) is 11.9 Å². The predicted octanol–water partition coefficient (Wildman–Crippen LogP) is 2.73. The van der Waals surface area contributed by atoms with Crippen molar-refractivity contribution in [2.75, 3.05) is 0 Å². The lowest BCUT2D eigenvalue weighted by atomic mass is 10.1. The summed E-state index contributed by atoms with van der Waals surface area (Å²) in [5, 5.41) is 2.85. The van der Waals surface area contributed by atoms with E-state index in [4.69, 9.17) is 18.9 Å². The van der Waals surface area contributed by atoms with E-state index in [-0.39, 0.29) is 24.9 Å². The highest BCUT2D eigenvalue weighted by Crippen LogP contribution is 2.38. The molecule has 0 aliphatic carbocycles. The fourth-order valence-electron chi connectivity index (χ4n) is 3.02. The maximum absolute atomic E-state index is 12.2. The van der Waals surface area contributed by atoms with Gasteiger partial charge in [-0.1, -0.05) is 36.4 Å². The third-order valence-corrected chi connectivity index (χ3v) is 4.05. The monoisotopic (exact) mass is 333 g/mol. The molecule has 6 heteroatoms. The van der Waals surface area contributed by atoms with E-state index in [0.29, 0.717) is 6.42 Å². The highest BCUT2D eigenvalue weighted by Gasteiger charge is 2.54. The van der Waals surface area contributed by atoms with Crippen LogP contribution in [0.4, 0.5) is 4.79 Å².